The zero-order valence-electron chi connectivity index (χ0n) is 10.9. The molecular weight excluding hydrogens is 294 g/mol. The zero-order chi connectivity index (χ0) is 15.2. The van der Waals surface area contributed by atoms with Gasteiger partial charge in [0, 0.05) is 10.6 Å². The summed E-state index contributed by atoms with van der Waals surface area (Å²) in [5.41, 5.74) is 0.931. The second-order valence-corrected chi connectivity index (χ2v) is 4.62. The minimum absolute atomic E-state index is 0.212. The highest BCUT2D eigenvalue weighted by Crippen LogP contribution is 2.19. The first-order chi connectivity index (χ1) is 10.1. The lowest BCUT2D eigenvalue weighted by molar-refractivity contribution is 0.0693. The molecule has 0 aromatic heterocycles. The zero-order valence-corrected chi connectivity index (χ0v) is 11.6. The van der Waals surface area contributed by atoms with Crippen molar-refractivity contribution in [2.75, 3.05) is 0 Å². The van der Waals surface area contributed by atoms with Gasteiger partial charge in [-0.25, -0.2) is 4.79 Å². The Bertz CT molecular complexity index is 668. The van der Waals surface area contributed by atoms with E-state index in [1.54, 1.807) is 24.3 Å². The van der Waals surface area contributed by atoms with Crippen LogP contribution < -0.4 is 0 Å². The fourth-order valence-electron chi connectivity index (χ4n) is 1.68. The summed E-state index contributed by atoms with van der Waals surface area (Å²) in [5.74, 6) is -1.54. The van der Waals surface area contributed by atoms with Gasteiger partial charge in [0.2, 0.25) is 0 Å². The summed E-state index contributed by atoms with van der Waals surface area (Å²) in [6, 6.07) is 11.4. The third-order valence-corrected chi connectivity index (χ3v) is 2.95. The largest absolute Gasteiger partial charge is 0.507 e. The number of carbonyl (C=O) groups is 1. The molecule has 0 amide bonds. The standard InChI is InChI=1S/C15H12ClNO4/c16-12-6-4-10(5-7-12)9-21-17-8-11-2-1-3-13(18)14(11)15(19)20/h1-8,18H,9H2,(H,19,20)/b17-8+. The van der Waals surface area contributed by atoms with E-state index in [0.29, 0.717) is 5.02 Å². The van der Waals surface area contributed by atoms with Gasteiger partial charge in [0.05, 0.1) is 6.21 Å². The molecule has 0 spiro atoms. The minimum atomic E-state index is -1.23. The summed E-state index contributed by atoms with van der Waals surface area (Å²) >= 11 is 5.77. The Hall–Kier alpha value is -2.53. The molecule has 2 aromatic carbocycles. The fraction of sp³-hybridized carbons (Fsp3) is 0.0667. The van der Waals surface area contributed by atoms with Crippen molar-refractivity contribution in [2.24, 2.45) is 5.16 Å². The van der Waals surface area contributed by atoms with Crippen LogP contribution in [0, 0.1) is 0 Å². The number of phenols is 1. The number of hydrogen-bond donors (Lipinski definition) is 2. The topological polar surface area (TPSA) is 79.1 Å². The summed E-state index contributed by atoms with van der Waals surface area (Å²) < 4.78 is 0. The second-order valence-electron chi connectivity index (χ2n) is 4.18. The van der Waals surface area contributed by atoms with Crippen molar-refractivity contribution in [3.8, 4) is 5.75 Å². The molecule has 2 rings (SSSR count). The summed E-state index contributed by atoms with van der Waals surface area (Å²) in [7, 11) is 0. The molecule has 0 unspecified atom stereocenters. The maximum atomic E-state index is 11.1. The summed E-state index contributed by atoms with van der Waals surface area (Å²) in [6.45, 7) is 0.231. The molecule has 21 heavy (non-hydrogen) atoms. The predicted octanol–water partition coefficient (Wildman–Crippen LogP) is 3.29. The van der Waals surface area contributed by atoms with Crippen LogP contribution >= 0.6 is 11.6 Å². The molecule has 0 radical (unpaired) electrons. The van der Waals surface area contributed by atoms with Gasteiger partial charge in [0.1, 0.15) is 17.9 Å². The van der Waals surface area contributed by atoms with E-state index in [0.717, 1.165) is 5.56 Å². The van der Waals surface area contributed by atoms with Crippen molar-refractivity contribution in [1.82, 2.24) is 0 Å². The normalized spacial score (nSPS) is 10.7. The summed E-state index contributed by atoms with van der Waals surface area (Å²) in [6.07, 6.45) is 1.25. The number of halogens is 1. The van der Waals surface area contributed by atoms with Crippen LogP contribution in [-0.2, 0) is 11.4 Å². The van der Waals surface area contributed by atoms with Gasteiger partial charge < -0.3 is 15.1 Å². The molecule has 0 aliphatic carbocycles. The second kappa shape index (κ2) is 6.76. The molecule has 0 bridgehead atoms. The van der Waals surface area contributed by atoms with Gasteiger partial charge in [-0.1, -0.05) is 41.0 Å². The number of carboxylic acids is 1. The fourth-order valence-corrected chi connectivity index (χ4v) is 1.81. The predicted molar refractivity (Wildman–Crippen MR) is 78.9 cm³/mol. The van der Waals surface area contributed by atoms with Gasteiger partial charge in [0.25, 0.3) is 0 Å². The number of nitrogens with zero attached hydrogens (tertiary/aromatic N) is 1. The third-order valence-electron chi connectivity index (χ3n) is 2.70. The molecule has 0 atom stereocenters. The number of carboxylic acid groups (broad SMARTS) is 1. The third kappa shape index (κ3) is 3.97. The Kier molecular flexibility index (Phi) is 4.79. The molecule has 2 N–H and O–H groups in total. The number of aromatic carboxylic acids is 1. The Morgan fingerprint density at radius 3 is 2.62 bits per heavy atom. The lowest BCUT2D eigenvalue weighted by Crippen LogP contribution is -2.02. The smallest absolute Gasteiger partial charge is 0.340 e. The number of hydrogen-bond acceptors (Lipinski definition) is 4. The van der Waals surface area contributed by atoms with Crippen LogP contribution in [0.25, 0.3) is 0 Å². The van der Waals surface area contributed by atoms with Gasteiger partial charge >= 0.3 is 5.97 Å². The average molecular weight is 306 g/mol. The van der Waals surface area contributed by atoms with Gasteiger partial charge in [-0.2, -0.15) is 0 Å². The van der Waals surface area contributed by atoms with Crippen LogP contribution in [-0.4, -0.2) is 22.4 Å². The van der Waals surface area contributed by atoms with E-state index in [-0.39, 0.29) is 23.5 Å². The first-order valence-electron chi connectivity index (χ1n) is 6.03. The van der Waals surface area contributed by atoms with Gasteiger partial charge in [-0.15, -0.1) is 0 Å². The molecule has 0 fully saturated rings. The SMILES string of the molecule is O=C(O)c1c(O)cccc1/C=N/OCc1ccc(Cl)cc1. The van der Waals surface area contributed by atoms with Crippen molar-refractivity contribution < 1.29 is 19.8 Å². The minimum Gasteiger partial charge on any atom is -0.507 e. The molecule has 0 heterocycles. The molecule has 0 aliphatic heterocycles. The Labute approximate surface area is 126 Å². The molecule has 6 heteroatoms. The molecule has 5 nitrogen and oxygen atoms in total. The average Bonchev–Trinajstić information content (AvgIpc) is 2.45. The lowest BCUT2D eigenvalue weighted by Gasteiger charge is -2.03. The Morgan fingerprint density at radius 1 is 1.24 bits per heavy atom. The van der Waals surface area contributed by atoms with Crippen molar-refractivity contribution >= 4 is 23.8 Å². The highest BCUT2D eigenvalue weighted by molar-refractivity contribution is 6.30. The van der Waals surface area contributed by atoms with Crippen LogP contribution in [0.5, 0.6) is 5.75 Å². The van der Waals surface area contributed by atoms with Crippen LogP contribution in [0.2, 0.25) is 5.02 Å². The van der Waals surface area contributed by atoms with E-state index in [9.17, 15) is 9.90 Å². The summed E-state index contributed by atoms with van der Waals surface area (Å²) in [5, 5.41) is 22.9. The molecular formula is C15H12ClNO4. The van der Waals surface area contributed by atoms with E-state index in [1.165, 1.54) is 24.4 Å². The van der Waals surface area contributed by atoms with Crippen LogP contribution in [0.3, 0.4) is 0 Å². The number of rotatable bonds is 5. The first-order valence-corrected chi connectivity index (χ1v) is 6.41. The van der Waals surface area contributed by atoms with Gasteiger partial charge in [0.15, 0.2) is 0 Å². The quantitative estimate of drug-likeness (QED) is 0.656. The molecule has 0 saturated carbocycles. The molecule has 2 aromatic rings. The Morgan fingerprint density at radius 2 is 1.95 bits per heavy atom. The van der Waals surface area contributed by atoms with E-state index in [4.69, 9.17) is 21.5 Å². The Balaban J connectivity index is 2.03. The van der Waals surface area contributed by atoms with E-state index >= 15 is 0 Å². The van der Waals surface area contributed by atoms with Gasteiger partial charge in [-0.05, 0) is 23.8 Å². The number of benzene rings is 2. The highest BCUT2D eigenvalue weighted by Gasteiger charge is 2.13. The van der Waals surface area contributed by atoms with Crippen molar-refractivity contribution in [3.05, 3.63) is 64.2 Å². The number of oxime groups is 1. The maximum Gasteiger partial charge on any atom is 0.340 e. The van der Waals surface area contributed by atoms with E-state index in [2.05, 4.69) is 5.16 Å². The molecule has 108 valence electrons. The van der Waals surface area contributed by atoms with Crippen LogP contribution in [0.15, 0.2) is 47.6 Å². The van der Waals surface area contributed by atoms with Crippen molar-refractivity contribution in [3.63, 3.8) is 0 Å². The monoisotopic (exact) mass is 305 g/mol. The number of aromatic hydroxyl groups is 1. The van der Waals surface area contributed by atoms with Crippen LogP contribution in [0.1, 0.15) is 21.5 Å². The van der Waals surface area contributed by atoms with Crippen molar-refractivity contribution in [2.45, 2.75) is 6.61 Å². The molecule has 0 saturated heterocycles. The maximum absolute atomic E-state index is 11.1. The lowest BCUT2D eigenvalue weighted by atomic mass is 10.1. The summed E-state index contributed by atoms with van der Waals surface area (Å²) in [4.78, 5) is 16.1. The molecule has 0 aliphatic rings. The van der Waals surface area contributed by atoms with Crippen molar-refractivity contribution in [1.29, 1.82) is 0 Å². The van der Waals surface area contributed by atoms with E-state index < -0.39 is 5.97 Å². The van der Waals surface area contributed by atoms with Crippen LogP contribution in [0.4, 0.5) is 0 Å². The first kappa shape index (κ1) is 14.9. The van der Waals surface area contributed by atoms with Gasteiger partial charge in [-0.3, -0.25) is 0 Å². The highest BCUT2D eigenvalue weighted by atomic mass is 35.5. The van der Waals surface area contributed by atoms with E-state index in [1.807, 2.05) is 0 Å².